The number of nitrogens with one attached hydrogen (secondary N) is 1. The molecule has 0 aromatic carbocycles. The first kappa shape index (κ1) is 13.6. The third-order valence-corrected chi connectivity index (χ3v) is 2.59. The molecule has 20 heavy (non-hydrogen) atoms. The van der Waals surface area contributed by atoms with Crippen LogP contribution in [0.15, 0.2) is 24.3 Å². The molecular weight excluding hydrogens is 260 g/mol. The number of benzene rings is 1. The Morgan fingerprint density at radius 3 is 2.15 bits per heavy atom. The Morgan fingerprint density at radius 2 is 1.80 bits per heavy atom. The SMILES string of the molecule is CCC(=O)Nc1c(O)nc(N)nc1O.c1cc2cc-2c1. The summed E-state index contributed by atoms with van der Waals surface area (Å²) in [5.74, 6) is -1.76. The topological polar surface area (TPSA) is 121 Å². The predicted octanol–water partition coefficient (Wildman–Crippen LogP) is 1.49. The van der Waals surface area contributed by atoms with E-state index in [0.29, 0.717) is 0 Å². The lowest BCUT2D eigenvalue weighted by molar-refractivity contribution is -0.115. The highest BCUT2D eigenvalue weighted by atomic mass is 16.3. The smallest absolute Gasteiger partial charge is 0.244 e. The Balaban J connectivity index is 0.000000198. The van der Waals surface area contributed by atoms with Gasteiger partial charge in [-0.1, -0.05) is 25.1 Å². The van der Waals surface area contributed by atoms with Gasteiger partial charge in [0.2, 0.25) is 23.6 Å². The minimum Gasteiger partial charge on any atom is -0.492 e. The Morgan fingerprint density at radius 1 is 1.25 bits per heavy atom. The number of rotatable bonds is 2. The van der Waals surface area contributed by atoms with Crippen LogP contribution in [0.4, 0.5) is 11.6 Å². The summed E-state index contributed by atoms with van der Waals surface area (Å²) in [5.41, 5.74) is 7.76. The summed E-state index contributed by atoms with van der Waals surface area (Å²) in [7, 11) is 0. The number of nitrogens with two attached hydrogens (primary N) is 1. The van der Waals surface area contributed by atoms with Crippen LogP contribution in [0.2, 0.25) is 0 Å². The molecule has 2 aliphatic carbocycles. The maximum atomic E-state index is 11.0. The second-order valence-electron chi connectivity index (χ2n) is 4.09. The normalized spacial score (nSPS) is 10.2. The number of nitrogen functional groups attached to an aromatic ring is 1. The standard InChI is InChI=1S/C7H10N4O3.C6H4/c1-2-3(12)9-4-5(13)10-7(8)11-6(4)14;1-2-5-4-6(5)3-1/h2H2,1H3,(H,9,12)(H4,8,10,11,13,14);1-4H. The number of fused-ring (bicyclic) bond motifs is 1. The molecule has 0 spiro atoms. The van der Waals surface area contributed by atoms with E-state index < -0.39 is 11.8 Å². The van der Waals surface area contributed by atoms with Gasteiger partial charge in [-0.15, -0.1) is 0 Å². The van der Waals surface area contributed by atoms with Crippen LogP contribution >= 0.6 is 0 Å². The quantitative estimate of drug-likeness (QED) is 0.561. The van der Waals surface area contributed by atoms with E-state index in [1.165, 1.54) is 11.1 Å². The number of anilines is 2. The summed E-state index contributed by atoms with van der Waals surface area (Å²) in [4.78, 5) is 17.7. The van der Waals surface area contributed by atoms with Gasteiger partial charge in [-0.05, 0) is 17.2 Å². The van der Waals surface area contributed by atoms with Gasteiger partial charge in [0.15, 0.2) is 5.69 Å². The van der Waals surface area contributed by atoms with Crippen molar-refractivity contribution in [2.24, 2.45) is 0 Å². The van der Waals surface area contributed by atoms with E-state index in [-0.39, 0.29) is 24.0 Å². The summed E-state index contributed by atoms with van der Waals surface area (Å²) >= 11 is 0. The molecule has 0 unspecified atom stereocenters. The average Bonchev–Trinajstić information content (AvgIpc) is 3.01. The zero-order valence-corrected chi connectivity index (χ0v) is 10.8. The number of hydrogen-bond donors (Lipinski definition) is 4. The molecule has 3 rings (SSSR count). The molecular formula is C13H14N4O3. The lowest BCUT2D eigenvalue weighted by Gasteiger charge is -2.06. The number of amides is 1. The third-order valence-electron chi connectivity index (χ3n) is 2.59. The Kier molecular flexibility index (Phi) is 3.69. The highest BCUT2D eigenvalue weighted by Crippen LogP contribution is 2.32. The number of hydrogen-bond acceptors (Lipinski definition) is 6. The van der Waals surface area contributed by atoms with Crippen molar-refractivity contribution < 1.29 is 15.0 Å². The molecule has 0 radical (unpaired) electrons. The summed E-state index contributed by atoms with van der Waals surface area (Å²) in [6, 6.07) is 8.48. The second-order valence-corrected chi connectivity index (χ2v) is 4.09. The molecule has 104 valence electrons. The average molecular weight is 274 g/mol. The number of aromatic nitrogens is 2. The largest absolute Gasteiger partial charge is 0.492 e. The van der Waals surface area contributed by atoms with Crippen molar-refractivity contribution in [3.05, 3.63) is 24.3 Å². The lowest BCUT2D eigenvalue weighted by Crippen LogP contribution is -2.11. The van der Waals surface area contributed by atoms with E-state index in [4.69, 9.17) is 5.73 Å². The van der Waals surface area contributed by atoms with Gasteiger partial charge in [0.05, 0.1) is 0 Å². The van der Waals surface area contributed by atoms with Gasteiger partial charge >= 0.3 is 0 Å². The predicted molar refractivity (Wildman–Crippen MR) is 74.1 cm³/mol. The van der Waals surface area contributed by atoms with Crippen molar-refractivity contribution >= 4 is 17.5 Å². The van der Waals surface area contributed by atoms with Crippen molar-refractivity contribution in [1.29, 1.82) is 0 Å². The fourth-order valence-electron chi connectivity index (χ4n) is 1.47. The number of carbonyl (C=O) groups is 1. The van der Waals surface area contributed by atoms with Crippen LogP contribution in [-0.4, -0.2) is 26.1 Å². The van der Waals surface area contributed by atoms with Crippen LogP contribution in [0.3, 0.4) is 0 Å². The van der Waals surface area contributed by atoms with Gasteiger partial charge in [-0.2, -0.15) is 9.97 Å². The van der Waals surface area contributed by atoms with Gasteiger partial charge in [0.1, 0.15) is 0 Å². The maximum absolute atomic E-state index is 11.0. The first-order valence-electron chi connectivity index (χ1n) is 5.97. The van der Waals surface area contributed by atoms with E-state index in [1.54, 1.807) is 6.92 Å². The Hall–Kier alpha value is -2.83. The van der Waals surface area contributed by atoms with Gasteiger partial charge in [0, 0.05) is 6.42 Å². The van der Waals surface area contributed by atoms with Crippen molar-refractivity contribution in [1.82, 2.24) is 9.97 Å². The van der Waals surface area contributed by atoms with E-state index in [2.05, 4.69) is 39.6 Å². The van der Waals surface area contributed by atoms with Crippen molar-refractivity contribution in [3.8, 4) is 22.9 Å². The second kappa shape index (κ2) is 5.43. The van der Waals surface area contributed by atoms with E-state index in [9.17, 15) is 15.0 Å². The molecule has 0 atom stereocenters. The van der Waals surface area contributed by atoms with Gasteiger partial charge in [0.25, 0.3) is 0 Å². The van der Waals surface area contributed by atoms with Crippen LogP contribution in [-0.2, 0) is 4.79 Å². The molecule has 1 heterocycles. The van der Waals surface area contributed by atoms with Crippen LogP contribution in [0.25, 0.3) is 11.1 Å². The van der Waals surface area contributed by atoms with Crippen molar-refractivity contribution in [3.63, 3.8) is 0 Å². The number of aromatic hydroxyl groups is 2. The number of nitrogens with zero attached hydrogens (tertiary/aromatic N) is 2. The van der Waals surface area contributed by atoms with E-state index >= 15 is 0 Å². The van der Waals surface area contributed by atoms with Gasteiger partial charge in [-0.3, -0.25) is 4.79 Å². The molecule has 0 saturated heterocycles. The summed E-state index contributed by atoms with van der Waals surface area (Å²) in [6.07, 6.45) is 0.212. The van der Waals surface area contributed by atoms with Crippen molar-refractivity contribution in [2.45, 2.75) is 13.3 Å². The molecule has 1 aromatic heterocycles. The Bertz CT molecular complexity index is 618. The summed E-state index contributed by atoms with van der Waals surface area (Å²) in [6.45, 7) is 1.63. The Labute approximate surface area is 115 Å². The molecule has 5 N–H and O–H groups in total. The van der Waals surface area contributed by atoms with Crippen LogP contribution in [0.1, 0.15) is 13.3 Å². The molecule has 7 heteroatoms. The first-order chi connectivity index (χ1) is 9.51. The fraction of sp³-hybridized carbons (Fsp3) is 0.154. The van der Waals surface area contributed by atoms with Gasteiger partial charge in [-0.25, -0.2) is 0 Å². The molecule has 0 aliphatic heterocycles. The molecule has 7 nitrogen and oxygen atoms in total. The molecule has 0 bridgehead atoms. The highest BCUT2D eigenvalue weighted by Gasteiger charge is 2.13. The highest BCUT2D eigenvalue weighted by molar-refractivity contribution is 5.93. The minimum atomic E-state index is -0.559. The molecule has 1 amide bonds. The molecule has 0 fully saturated rings. The van der Waals surface area contributed by atoms with Gasteiger partial charge < -0.3 is 21.3 Å². The van der Waals surface area contributed by atoms with E-state index in [0.717, 1.165) is 0 Å². The van der Waals surface area contributed by atoms with Crippen LogP contribution < -0.4 is 11.1 Å². The number of carbonyl (C=O) groups excluding carboxylic acids is 1. The first-order valence-corrected chi connectivity index (χ1v) is 5.97. The summed E-state index contributed by atoms with van der Waals surface area (Å²) in [5, 5.41) is 20.7. The third kappa shape index (κ3) is 3.14. The monoisotopic (exact) mass is 274 g/mol. The zero-order chi connectivity index (χ0) is 14.7. The minimum absolute atomic E-state index is 0.212. The summed E-state index contributed by atoms with van der Waals surface area (Å²) < 4.78 is 0. The molecule has 0 saturated carbocycles. The van der Waals surface area contributed by atoms with E-state index in [1.807, 2.05) is 0 Å². The molecule has 1 aromatic rings. The fourth-order valence-corrected chi connectivity index (χ4v) is 1.47. The van der Waals surface area contributed by atoms with Crippen LogP contribution in [0, 0.1) is 0 Å². The maximum Gasteiger partial charge on any atom is 0.244 e. The lowest BCUT2D eigenvalue weighted by atomic mass is 10.4. The zero-order valence-electron chi connectivity index (χ0n) is 10.8. The van der Waals surface area contributed by atoms with Crippen molar-refractivity contribution in [2.75, 3.05) is 11.1 Å². The molecule has 2 aliphatic rings. The van der Waals surface area contributed by atoms with Crippen LogP contribution in [0.5, 0.6) is 11.8 Å².